The first kappa shape index (κ1) is 19.5. The molecular formula is C22H29N5O2. The molecule has 0 radical (unpaired) electrons. The number of carbonyl (C=O) groups excluding carboxylic acids is 1. The second-order valence-corrected chi connectivity index (χ2v) is 8.09. The van der Waals surface area contributed by atoms with Gasteiger partial charge in [0.15, 0.2) is 0 Å². The molecule has 29 heavy (non-hydrogen) atoms. The summed E-state index contributed by atoms with van der Waals surface area (Å²) in [6, 6.07) is 9.94. The average Bonchev–Trinajstić information content (AvgIpc) is 3.54. The summed E-state index contributed by atoms with van der Waals surface area (Å²) in [7, 11) is 5.63. The van der Waals surface area contributed by atoms with Gasteiger partial charge in [-0.05, 0) is 25.8 Å². The summed E-state index contributed by atoms with van der Waals surface area (Å²) in [6.07, 6.45) is 1.79. The van der Waals surface area contributed by atoms with Crippen molar-refractivity contribution in [2.75, 3.05) is 57.2 Å². The number of carbonyl (C=O) groups is 1. The zero-order chi connectivity index (χ0) is 20.6. The van der Waals surface area contributed by atoms with Gasteiger partial charge in [0.2, 0.25) is 5.91 Å². The van der Waals surface area contributed by atoms with Gasteiger partial charge in [0.1, 0.15) is 23.2 Å². The number of hydrogen-bond donors (Lipinski definition) is 0. The maximum absolute atomic E-state index is 13.4. The van der Waals surface area contributed by atoms with Crippen LogP contribution in [0.3, 0.4) is 0 Å². The van der Waals surface area contributed by atoms with Crippen molar-refractivity contribution in [1.29, 1.82) is 0 Å². The highest BCUT2D eigenvalue weighted by atomic mass is 16.5. The van der Waals surface area contributed by atoms with Crippen molar-refractivity contribution in [1.82, 2.24) is 14.9 Å². The Labute approximate surface area is 172 Å². The van der Waals surface area contributed by atoms with E-state index in [1.165, 1.54) is 0 Å². The first-order valence-electron chi connectivity index (χ1n) is 10.2. The fraction of sp³-hybridized carbons (Fsp3) is 0.500. The van der Waals surface area contributed by atoms with Gasteiger partial charge in [-0.2, -0.15) is 0 Å². The topological polar surface area (TPSA) is 61.8 Å². The van der Waals surface area contributed by atoms with Gasteiger partial charge in [-0.1, -0.05) is 18.2 Å². The van der Waals surface area contributed by atoms with Gasteiger partial charge in [-0.3, -0.25) is 4.79 Å². The Morgan fingerprint density at radius 1 is 1.10 bits per heavy atom. The highest BCUT2D eigenvalue weighted by molar-refractivity contribution is 5.92. The quantitative estimate of drug-likeness (QED) is 0.774. The summed E-state index contributed by atoms with van der Waals surface area (Å²) < 4.78 is 5.53. The second-order valence-electron chi connectivity index (χ2n) is 8.09. The van der Waals surface area contributed by atoms with Crippen molar-refractivity contribution in [3.05, 3.63) is 41.7 Å². The van der Waals surface area contributed by atoms with E-state index in [2.05, 4.69) is 14.9 Å². The average molecular weight is 396 g/mol. The van der Waals surface area contributed by atoms with Crippen LogP contribution in [0.2, 0.25) is 0 Å². The lowest BCUT2D eigenvalue weighted by molar-refractivity contribution is -0.134. The Bertz CT molecular complexity index is 902. The van der Waals surface area contributed by atoms with Crippen molar-refractivity contribution in [3.8, 4) is 5.75 Å². The Hall–Kier alpha value is -2.83. The maximum atomic E-state index is 13.4. The molecule has 1 saturated carbocycles. The molecule has 0 atom stereocenters. The zero-order valence-electron chi connectivity index (χ0n) is 17.7. The molecular weight excluding hydrogens is 366 g/mol. The molecule has 1 aliphatic heterocycles. The summed E-state index contributed by atoms with van der Waals surface area (Å²) in [5, 5.41) is 0. The Morgan fingerprint density at radius 3 is 2.41 bits per heavy atom. The third-order valence-corrected chi connectivity index (χ3v) is 5.94. The normalized spacial score (nSPS) is 17.8. The number of nitrogens with zero attached hydrogens (tertiary/aromatic N) is 5. The molecule has 2 heterocycles. The van der Waals surface area contributed by atoms with Crippen LogP contribution in [0.15, 0.2) is 30.3 Å². The van der Waals surface area contributed by atoms with Crippen molar-refractivity contribution < 1.29 is 9.53 Å². The standard InChI is InChI=1S/C22H29N5O2/c1-16-23-19(25(2)3)15-20(24-16)26-11-13-27(14-12-26)21(28)22(9-10-22)17-7-5-6-8-18(17)29-4/h5-8,15H,9-14H2,1-4H3. The molecule has 154 valence electrons. The predicted octanol–water partition coefficient (Wildman–Crippen LogP) is 2.24. The van der Waals surface area contributed by atoms with Gasteiger partial charge in [-0.25, -0.2) is 9.97 Å². The van der Waals surface area contributed by atoms with Crippen LogP contribution in [0.5, 0.6) is 5.75 Å². The van der Waals surface area contributed by atoms with Crippen LogP contribution in [0.4, 0.5) is 11.6 Å². The predicted molar refractivity (Wildman–Crippen MR) is 114 cm³/mol. The van der Waals surface area contributed by atoms with Crippen molar-refractivity contribution in [2.45, 2.75) is 25.2 Å². The molecule has 0 bridgehead atoms. The van der Waals surface area contributed by atoms with Crippen LogP contribution in [0, 0.1) is 6.92 Å². The number of aryl methyl sites for hydroxylation is 1. The van der Waals surface area contributed by atoms with Crippen molar-refractivity contribution in [2.24, 2.45) is 0 Å². The van der Waals surface area contributed by atoms with Gasteiger partial charge >= 0.3 is 0 Å². The number of rotatable bonds is 5. The first-order valence-corrected chi connectivity index (χ1v) is 10.2. The molecule has 0 spiro atoms. The lowest BCUT2D eigenvalue weighted by atomic mass is 9.93. The smallest absolute Gasteiger partial charge is 0.233 e. The number of ether oxygens (including phenoxy) is 1. The van der Waals surface area contributed by atoms with Gasteiger partial charge in [0.05, 0.1) is 12.5 Å². The molecule has 7 heteroatoms. The zero-order valence-corrected chi connectivity index (χ0v) is 17.7. The lowest BCUT2D eigenvalue weighted by Gasteiger charge is -2.37. The highest BCUT2D eigenvalue weighted by Crippen LogP contribution is 2.52. The van der Waals surface area contributed by atoms with E-state index in [1.807, 2.05) is 61.2 Å². The number of piperazine rings is 1. The van der Waals surface area contributed by atoms with E-state index in [9.17, 15) is 4.79 Å². The number of benzene rings is 1. The summed E-state index contributed by atoms with van der Waals surface area (Å²) in [5.74, 6) is 3.63. The van der Waals surface area contributed by atoms with E-state index in [-0.39, 0.29) is 5.91 Å². The minimum atomic E-state index is -0.404. The second kappa shape index (κ2) is 7.54. The Morgan fingerprint density at radius 2 is 1.79 bits per heavy atom. The molecule has 1 aliphatic carbocycles. The van der Waals surface area contributed by atoms with Crippen LogP contribution in [0.1, 0.15) is 24.2 Å². The molecule has 1 amide bonds. The summed E-state index contributed by atoms with van der Waals surface area (Å²) in [6.45, 7) is 4.88. The van der Waals surface area contributed by atoms with Crippen LogP contribution < -0.4 is 14.5 Å². The SMILES string of the molecule is COc1ccccc1C1(C(=O)N2CCN(c3cc(N(C)C)nc(C)n3)CC2)CC1. The van der Waals surface area contributed by atoms with Crippen LogP contribution in [-0.4, -0.2) is 68.2 Å². The fourth-order valence-electron chi connectivity index (χ4n) is 4.13. The Balaban J connectivity index is 1.47. The number of para-hydroxylation sites is 1. The summed E-state index contributed by atoms with van der Waals surface area (Å²) in [5.41, 5.74) is 0.621. The van der Waals surface area contributed by atoms with Crippen LogP contribution >= 0.6 is 0 Å². The number of hydrogen-bond acceptors (Lipinski definition) is 6. The van der Waals surface area contributed by atoms with Gasteiger partial charge in [0, 0.05) is 51.9 Å². The van der Waals surface area contributed by atoms with Crippen LogP contribution in [-0.2, 0) is 10.2 Å². The molecule has 4 rings (SSSR count). The molecule has 7 nitrogen and oxygen atoms in total. The molecule has 2 aromatic rings. The van der Waals surface area contributed by atoms with Gasteiger partial charge in [-0.15, -0.1) is 0 Å². The first-order chi connectivity index (χ1) is 13.9. The maximum Gasteiger partial charge on any atom is 0.233 e. The third kappa shape index (κ3) is 3.61. The fourth-order valence-corrected chi connectivity index (χ4v) is 4.13. The minimum Gasteiger partial charge on any atom is -0.496 e. The largest absolute Gasteiger partial charge is 0.496 e. The van der Waals surface area contributed by atoms with E-state index in [4.69, 9.17) is 4.74 Å². The lowest BCUT2D eigenvalue weighted by Crippen LogP contribution is -2.52. The summed E-state index contributed by atoms with van der Waals surface area (Å²) in [4.78, 5) is 28.7. The van der Waals surface area contributed by atoms with Crippen molar-refractivity contribution in [3.63, 3.8) is 0 Å². The molecule has 1 aromatic carbocycles. The molecule has 0 N–H and O–H groups in total. The number of amides is 1. The number of aromatic nitrogens is 2. The molecule has 1 aromatic heterocycles. The monoisotopic (exact) mass is 395 g/mol. The van der Waals surface area contributed by atoms with Crippen molar-refractivity contribution >= 4 is 17.5 Å². The van der Waals surface area contributed by atoms with E-state index in [0.29, 0.717) is 13.1 Å². The third-order valence-electron chi connectivity index (χ3n) is 5.94. The summed E-state index contributed by atoms with van der Waals surface area (Å²) >= 11 is 0. The van der Waals surface area contributed by atoms with E-state index in [1.54, 1.807) is 7.11 Å². The molecule has 1 saturated heterocycles. The van der Waals surface area contributed by atoms with Gasteiger partial charge in [0.25, 0.3) is 0 Å². The molecule has 2 fully saturated rings. The Kier molecular flexibility index (Phi) is 5.06. The number of anilines is 2. The minimum absolute atomic E-state index is 0.231. The van der Waals surface area contributed by atoms with E-state index < -0.39 is 5.41 Å². The van der Waals surface area contributed by atoms with E-state index >= 15 is 0 Å². The highest BCUT2D eigenvalue weighted by Gasteiger charge is 2.54. The van der Waals surface area contributed by atoms with Crippen LogP contribution in [0.25, 0.3) is 0 Å². The molecule has 2 aliphatic rings. The van der Waals surface area contributed by atoms with Gasteiger partial charge < -0.3 is 19.4 Å². The number of methoxy groups -OCH3 is 1. The van der Waals surface area contributed by atoms with E-state index in [0.717, 1.165) is 54.7 Å². The molecule has 0 unspecified atom stereocenters.